The molecular formula is C10H11F3O2. The molecule has 0 spiro atoms. The Bertz CT molecular complexity index is 358. The van der Waals surface area contributed by atoms with Gasteiger partial charge in [0.2, 0.25) is 0 Å². The minimum absolute atomic E-state index is 0.0691. The molecule has 0 saturated heterocycles. The van der Waals surface area contributed by atoms with Crippen molar-refractivity contribution in [1.29, 1.82) is 0 Å². The average molecular weight is 220 g/mol. The van der Waals surface area contributed by atoms with Crippen LogP contribution in [0, 0.1) is 6.92 Å². The van der Waals surface area contributed by atoms with Crippen molar-refractivity contribution in [2.45, 2.75) is 20.0 Å². The van der Waals surface area contributed by atoms with Gasteiger partial charge in [-0.25, -0.2) is 0 Å². The second kappa shape index (κ2) is 4.00. The number of rotatable bonds is 2. The second-order valence-corrected chi connectivity index (χ2v) is 3.09. The van der Waals surface area contributed by atoms with Crippen LogP contribution >= 0.6 is 0 Å². The first-order valence-corrected chi connectivity index (χ1v) is 4.40. The lowest BCUT2D eigenvalue weighted by atomic mass is 10.1. The minimum atomic E-state index is -4.52. The first kappa shape index (κ1) is 11.7. The molecule has 15 heavy (non-hydrogen) atoms. The van der Waals surface area contributed by atoms with Gasteiger partial charge in [-0.2, -0.15) is 13.2 Å². The van der Waals surface area contributed by atoms with Crippen molar-refractivity contribution in [2.24, 2.45) is 0 Å². The number of halogens is 3. The van der Waals surface area contributed by atoms with Crippen LogP contribution in [-0.2, 0) is 6.18 Å². The van der Waals surface area contributed by atoms with Gasteiger partial charge in [-0.05, 0) is 31.5 Å². The minimum Gasteiger partial charge on any atom is -0.504 e. The second-order valence-electron chi connectivity index (χ2n) is 3.09. The fraction of sp³-hybridized carbons (Fsp3) is 0.400. The molecule has 0 aliphatic rings. The van der Waals surface area contributed by atoms with Crippen LogP contribution in [-0.4, -0.2) is 11.7 Å². The van der Waals surface area contributed by atoms with Crippen molar-refractivity contribution in [3.8, 4) is 11.5 Å². The molecule has 0 saturated carbocycles. The maximum Gasteiger partial charge on any atom is 0.420 e. The smallest absolute Gasteiger partial charge is 0.420 e. The van der Waals surface area contributed by atoms with E-state index in [2.05, 4.69) is 0 Å². The Balaban J connectivity index is 3.33. The summed E-state index contributed by atoms with van der Waals surface area (Å²) in [5.74, 6) is -0.986. The van der Waals surface area contributed by atoms with E-state index in [1.54, 1.807) is 6.92 Å². The van der Waals surface area contributed by atoms with Gasteiger partial charge in [-0.3, -0.25) is 0 Å². The average Bonchev–Trinajstić information content (AvgIpc) is 2.07. The highest BCUT2D eigenvalue weighted by molar-refractivity contribution is 5.49. The van der Waals surface area contributed by atoms with Gasteiger partial charge in [0.05, 0.1) is 6.61 Å². The zero-order valence-electron chi connectivity index (χ0n) is 8.35. The summed E-state index contributed by atoms with van der Waals surface area (Å²) in [6.07, 6.45) is -4.52. The first-order valence-electron chi connectivity index (χ1n) is 4.40. The molecule has 0 bridgehead atoms. The van der Waals surface area contributed by atoms with Crippen LogP contribution in [0.4, 0.5) is 13.2 Å². The Morgan fingerprint density at radius 3 is 2.40 bits per heavy atom. The fourth-order valence-corrected chi connectivity index (χ4v) is 1.26. The Morgan fingerprint density at radius 1 is 1.33 bits per heavy atom. The SMILES string of the molecule is CCOc1c(O)cc(C)cc1C(F)(F)F. The summed E-state index contributed by atoms with van der Waals surface area (Å²) >= 11 is 0. The fourth-order valence-electron chi connectivity index (χ4n) is 1.26. The topological polar surface area (TPSA) is 29.5 Å². The number of phenolic OH excluding ortho intramolecular Hbond substituents is 1. The third kappa shape index (κ3) is 2.55. The van der Waals surface area contributed by atoms with E-state index in [4.69, 9.17) is 4.74 Å². The first-order chi connectivity index (χ1) is 6.86. The highest BCUT2D eigenvalue weighted by Crippen LogP contribution is 2.41. The largest absolute Gasteiger partial charge is 0.504 e. The van der Waals surface area contributed by atoms with E-state index in [-0.39, 0.29) is 6.61 Å². The number of alkyl halides is 3. The number of aryl methyl sites for hydroxylation is 1. The maximum absolute atomic E-state index is 12.5. The lowest BCUT2D eigenvalue weighted by Crippen LogP contribution is -2.09. The number of ether oxygens (including phenoxy) is 1. The van der Waals surface area contributed by atoms with E-state index in [1.807, 2.05) is 0 Å². The molecule has 0 amide bonds. The van der Waals surface area contributed by atoms with Crippen molar-refractivity contribution < 1.29 is 23.0 Å². The number of benzene rings is 1. The van der Waals surface area contributed by atoms with Crippen molar-refractivity contribution >= 4 is 0 Å². The maximum atomic E-state index is 12.5. The van der Waals surface area contributed by atoms with Gasteiger partial charge < -0.3 is 9.84 Å². The monoisotopic (exact) mass is 220 g/mol. The molecule has 0 atom stereocenters. The van der Waals surface area contributed by atoms with Crippen molar-refractivity contribution in [1.82, 2.24) is 0 Å². The zero-order valence-corrected chi connectivity index (χ0v) is 8.35. The summed E-state index contributed by atoms with van der Waals surface area (Å²) in [7, 11) is 0. The van der Waals surface area contributed by atoms with Gasteiger partial charge in [0.25, 0.3) is 0 Å². The zero-order chi connectivity index (χ0) is 11.6. The quantitative estimate of drug-likeness (QED) is 0.829. The van der Waals surface area contributed by atoms with E-state index in [1.165, 1.54) is 13.0 Å². The van der Waals surface area contributed by atoms with Gasteiger partial charge >= 0.3 is 6.18 Å². The van der Waals surface area contributed by atoms with Crippen LogP contribution in [0.15, 0.2) is 12.1 Å². The summed E-state index contributed by atoms with van der Waals surface area (Å²) < 4.78 is 42.4. The molecule has 0 heterocycles. The van der Waals surface area contributed by atoms with Crippen LogP contribution in [0.25, 0.3) is 0 Å². The molecule has 84 valence electrons. The molecule has 0 aliphatic carbocycles. The normalized spacial score (nSPS) is 11.5. The van der Waals surface area contributed by atoms with Crippen LogP contribution in [0.3, 0.4) is 0 Å². The third-order valence-corrected chi connectivity index (χ3v) is 1.81. The molecule has 0 radical (unpaired) electrons. The van der Waals surface area contributed by atoms with Crippen LogP contribution in [0.1, 0.15) is 18.1 Å². The molecular weight excluding hydrogens is 209 g/mol. The number of phenols is 1. The molecule has 0 aliphatic heterocycles. The van der Waals surface area contributed by atoms with Crippen LogP contribution < -0.4 is 4.74 Å². The number of hydrogen-bond acceptors (Lipinski definition) is 2. The molecule has 1 aromatic carbocycles. The van der Waals surface area contributed by atoms with E-state index in [0.29, 0.717) is 5.56 Å². The van der Waals surface area contributed by atoms with E-state index in [9.17, 15) is 18.3 Å². The molecule has 2 nitrogen and oxygen atoms in total. The molecule has 0 aromatic heterocycles. The molecule has 1 rings (SSSR count). The molecule has 1 aromatic rings. The number of aromatic hydroxyl groups is 1. The molecule has 5 heteroatoms. The van der Waals surface area contributed by atoms with Gasteiger partial charge in [-0.1, -0.05) is 0 Å². The predicted octanol–water partition coefficient (Wildman–Crippen LogP) is 3.12. The van der Waals surface area contributed by atoms with Gasteiger partial charge in [0.15, 0.2) is 11.5 Å². The molecule has 0 unspecified atom stereocenters. The molecule has 1 N–H and O–H groups in total. The highest BCUT2D eigenvalue weighted by Gasteiger charge is 2.35. The lowest BCUT2D eigenvalue weighted by Gasteiger charge is -2.15. The van der Waals surface area contributed by atoms with Crippen molar-refractivity contribution in [3.05, 3.63) is 23.3 Å². The lowest BCUT2D eigenvalue weighted by molar-refractivity contribution is -0.139. The van der Waals surface area contributed by atoms with E-state index in [0.717, 1.165) is 6.07 Å². The van der Waals surface area contributed by atoms with Crippen molar-refractivity contribution in [2.75, 3.05) is 6.61 Å². The molecule has 0 fully saturated rings. The Hall–Kier alpha value is -1.39. The van der Waals surface area contributed by atoms with E-state index < -0.39 is 23.2 Å². The van der Waals surface area contributed by atoms with Crippen LogP contribution in [0.5, 0.6) is 11.5 Å². The Labute approximate surface area is 85.3 Å². The van der Waals surface area contributed by atoms with Gasteiger partial charge in [-0.15, -0.1) is 0 Å². The van der Waals surface area contributed by atoms with Crippen LogP contribution in [0.2, 0.25) is 0 Å². The predicted molar refractivity (Wildman–Crippen MR) is 49.0 cm³/mol. The summed E-state index contributed by atoms with van der Waals surface area (Å²) in [5.41, 5.74) is -0.606. The Kier molecular flexibility index (Phi) is 3.12. The third-order valence-electron chi connectivity index (χ3n) is 1.81. The van der Waals surface area contributed by atoms with Gasteiger partial charge in [0, 0.05) is 0 Å². The highest BCUT2D eigenvalue weighted by atomic mass is 19.4. The summed E-state index contributed by atoms with van der Waals surface area (Å²) in [4.78, 5) is 0. The summed E-state index contributed by atoms with van der Waals surface area (Å²) in [5, 5.41) is 9.34. The van der Waals surface area contributed by atoms with E-state index >= 15 is 0 Å². The Morgan fingerprint density at radius 2 is 1.93 bits per heavy atom. The number of hydrogen-bond donors (Lipinski definition) is 1. The summed E-state index contributed by atoms with van der Waals surface area (Å²) in [6, 6.07) is 2.19. The summed E-state index contributed by atoms with van der Waals surface area (Å²) in [6.45, 7) is 3.10. The van der Waals surface area contributed by atoms with Gasteiger partial charge in [0.1, 0.15) is 5.56 Å². The standard InChI is InChI=1S/C10H11F3O2/c1-3-15-9-7(10(11,12)13)4-6(2)5-8(9)14/h4-5,14H,3H2,1-2H3. The van der Waals surface area contributed by atoms with Crippen molar-refractivity contribution in [3.63, 3.8) is 0 Å².